The molecule has 0 unspecified atom stereocenters. The minimum absolute atomic E-state index is 0.0428. The molecule has 158 valence electrons. The number of nitrogens with one attached hydrogen (secondary N) is 2. The number of H-pyrrole nitrogens is 2. The van der Waals surface area contributed by atoms with E-state index in [0.717, 1.165) is 36.9 Å². The molecular formula is C21H25N5O4. The van der Waals surface area contributed by atoms with Gasteiger partial charge in [0.25, 0.3) is 11.5 Å². The van der Waals surface area contributed by atoms with Gasteiger partial charge in [-0.1, -0.05) is 6.07 Å². The number of aromatic nitrogens is 3. The van der Waals surface area contributed by atoms with Crippen LogP contribution >= 0.6 is 0 Å². The molecule has 2 fully saturated rings. The van der Waals surface area contributed by atoms with Crippen molar-refractivity contribution in [3.63, 3.8) is 0 Å². The molecule has 2 saturated heterocycles. The molecule has 0 bridgehead atoms. The van der Waals surface area contributed by atoms with Gasteiger partial charge in [0.15, 0.2) is 0 Å². The second kappa shape index (κ2) is 7.39. The number of piperidine rings is 1. The minimum atomic E-state index is -0.280. The van der Waals surface area contributed by atoms with E-state index >= 15 is 0 Å². The summed E-state index contributed by atoms with van der Waals surface area (Å²) < 4.78 is 5.41. The topological polar surface area (TPSA) is 111 Å². The third-order valence-electron chi connectivity index (χ3n) is 6.68. The van der Waals surface area contributed by atoms with Crippen molar-refractivity contribution in [1.82, 2.24) is 19.9 Å². The Labute approximate surface area is 173 Å². The second-order valence-electron chi connectivity index (χ2n) is 8.32. The first-order valence-electron chi connectivity index (χ1n) is 10.5. The molecule has 0 radical (unpaired) electrons. The van der Waals surface area contributed by atoms with E-state index in [0.29, 0.717) is 51.0 Å². The number of hydrogen-bond acceptors (Lipinski definition) is 6. The molecule has 4 heterocycles. The SMILES string of the molecule is O=C(c1cccc(=O)[nH]1)N1CCC2(CCc3c2nc(N2CCOCC2)[nH]c3=O)CC1. The minimum Gasteiger partial charge on any atom is -0.378 e. The highest BCUT2D eigenvalue weighted by molar-refractivity contribution is 5.92. The van der Waals surface area contributed by atoms with Gasteiger partial charge in [0, 0.05) is 43.2 Å². The Morgan fingerprint density at radius 2 is 1.80 bits per heavy atom. The van der Waals surface area contributed by atoms with Gasteiger partial charge in [-0.25, -0.2) is 4.98 Å². The first-order chi connectivity index (χ1) is 14.6. The average Bonchev–Trinajstić information content (AvgIpc) is 3.13. The number of hydrogen-bond donors (Lipinski definition) is 2. The number of rotatable bonds is 2. The maximum atomic E-state index is 12.8. The van der Waals surface area contributed by atoms with Crippen molar-refractivity contribution in [2.75, 3.05) is 44.3 Å². The number of amides is 1. The summed E-state index contributed by atoms with van der Waals surface area (Å²) >= 11 is 0. The van der Waals surface area contributed by atoms with Crippen LogP contribution in [0.15, 0.2) is 27.8 Å². The Morgan fingerprint density at radius 3 is 2.53 bits per heavy atom. The number of pyridine rings is 1. The highest BCUT2D eigenvalue weighted by atomic mass is 16.5. The third kappa shape index (κ3) is 3.23. The van der Waals surface area contributed by atoms with E-state index in [1.165, 1.54) is 6.07 Å². The molecule has 0 saturated carbocycles. The Bertz CT molecular complexity index is 1080. The van der Waals surface area contributed by atoms with Gasteiger partial charge in [0.1, 0.15) is 5.69 Å². The molecule has 0 atom stereocenters. The summed E-state index contributed by atoms with van der Waals surface area (Å²) in [6.45, 7) is 3.85. The lowest BCUT2D eigenvalue weighted by molar-refractivity contribution is 0.0657. The lowest BCUT2D eigenvalue weighted by Crippen LogP contribution is -2.45. The zero-order valence-electron chi connectivity index (χ0n) is 16.8. The molecule has 1 aliphatic carbocycles. The number of fused-ring (bicyclic) bond motifs is 2. The highest BCUT2D eigenvalue weighted by Crippen LogP contribution is 2.44. The zero-order valence-corrected chi connectivity index (χ0v) is 16.8. The van der Waals surface area contributed by atoms with E-state index in [-0.39, 0.29) is 22.4 Å². The summed E-state index contributed by atoms with van der Waals surface area (Å²) in [5.41, 5.74) is 1.53. The van der Waals surface area contributed by atoms with Crippen LogP contribution in [0, 0.1) is 0 Å². The van der Waals surface area contributed by atoms with Crippen LogP contribution in [-0.4, -0.2) is 65.2 Å². The Balaban J connectivity index is 1.38. The van der Waals surface area contributed by atoms with Crippen molar-refractivity contribution in [2.45, 2.75) is 31.1 Å². The molecule has 2 aromatic rings. The lowest BCUT2D eigenvalue weighted by Gasteiger charge is -2.39. The van der Waals surface area contributed by atoms with Crippen molar-refractivity contribution in [3.8, 4) is 0 Å². The van der Waals surface area contributed by atoms with Crippen LogP contribution in [0.5, 0.6) is 0 Å². The highest BCUT2D eigenvalue weighted by Gasteiger charge is 2.45. The van der Waals surface area contributed by atoms with E-state index in [1.54, 1.807) is 17.0 Å². The van der Waals surface area contributed by atoms with E-state index in [9.17, 15) is 14.4 Å². The van der Waals surface area contributed by atoms with Crippen LogP contribution in [0.2, 0.25) is 0 Å². The summed E-state index contributed by atoms with van der Waals surface area (Å²) in [5, 5.41) is 0. The molecule has 2 N–H and O–H groups in total. The molecule has 2 aromatic heterocycles. The van der Waals surface area contributed by atoms with Crippen molar-refractivity contribution in [1.29, 1.82) is 0 Å². The Hall–Kier alpha value is -2.94. The number of anilines is 1. The Morgan fingerprint density at radius 1 is 1.03 bits per heavy atom. The maximum Gasteiger partial charge on any atom is 0.270 e. The molecular weight excluding hydrogens is 386 g/mol. The van der Waals surface area contributed by atoms with Crippen LogP contribution in [0.3, 0.4) is 0 Å². The predicted molar refractivity (Wildman–Crippen MR) is 110 cm³/mol. The van der Waals surface area contributed by atoms with Gasteiger partial charge < -0.3 is 19.5 Å². The number of ether oxygens (including phenoxy) is 1. The van der Waals surface area contributed by atoms with E-state index in [4.69, 9.17) is 9.72 Å². The molecule has 1 spiro atoms. The number of aromatic amines is 2. The van der Waals surface area contributed by atoms with Crippen LogP contribution in [0.4, 0.5) is 5.95 Å². The second-order valence-corrected chi connectivity index (χ2v) is 8.32. The van der Waals surface area contributed by atoms with Crippen LogP contribution in [0.25, 0.3) is 0 Å². The van der Waals surface area contributed by atoms with Gasteiger partial charge in [-0.2, -0.15) is 0 Å². The first kappa shape index (κ1) is 19.0. The molecule has 9 heteroatoms. The van der Waals surface area contributed by atoms with E-state index in [2.05, 4.69) is 14.9 Å². The van der Waals surface area contributed by atoms with Crippen LogP contribution in [0.1, 0.15) is 41.0 Å². The fraction of sp³-hybridized carbons (Fsp3) is 0.524. The Kier molecular flexibility index (Phi) is 4.69. The van der Waals surface area contributed by atoms with E-state index in [1.807, 2.05) is 0 Å². The van der Waals surface area contributed by atoms with Crippen molar-refractivity contribution < 1.29 is 9.53 Å². The summed E-state index contributed by atoms with van der Waals surface area (Å²) in [6, 6.07) is 4.62. The van der Waals surface area contributed by atoms with Crippen LogP contribution < -0.4 is 16.0 Å². The number of nitrogens with zero attached hydrogens (tertiary/aromatic N) is 3. The average molecular weight is 411 g/mol. The van der Waals surface area contributed by atoms with Gasteiger partial charge in [0.05, 0.1) is 18.9 Å². The predicted octanol–water partition coefficient (Wildman–Crippen LogP) is 0.415. The molecule has 1 amide bonds. The number of carbonyl (C=O) groups excluding carboxylic acids is 1. The van der Waals surface area contributed by atoms with Gasteiger partial charge >= 0.3 is 0 Å². The number of carbonyl (C=O) groups is 1. The molecule has 9 nitrogen and oxygen atoms in total. The summed E-state index contributed by atoms with van der Waals surface area (Å²) in [6.07, 6.45) is 3.14. The maximum absolute atomic E-state index is 12.8. The zero-order chi connectivity index (χ0) is 20.7. The molecule has 30 heavy (non-hydrogen) atoms. The van der Waals surface area contributed by atoms with Crippen LogP contribution in [-0.2, 0) is 16.6 Å². The molecule has 2 aliphatic heterocycles. The van der Waals surface area contributed by atoms with Gasteiger partial charge in [-0.05, 0) is 31.7 Å². The standard InChI is InChI=1S/C21H25N5O4/c27-16-3-1-2-15(22-16)19(29)25-8-6-21(7-9-25)5-4-14-17(21)23-20(24-18(14)28)26-10-12-30-13-11-26/h1-3H,4-13H2,(H,22,27)(H,23,24,28). The van der Waals surface area contributed by atoms with Gasteiger partial charge in [-0.3, -0.25) is 19.4 Å². The van der Waals surface area contributed by atoms with Crippen molar-refractivity contribution >= 4 is 11.9 Å². The summed E-state index contributed by atoms with van der Waals surface area (Å²) in [4.78, 5) is 51.4. The molecule has 0 aromatic carbocycles. The number of likely N-dealkylation sites (tertiary alicyclic amines) is 1. The molecule has 3 aliphatic rings. The third-order valence-corrected chi connectivity index (χ3v) is 6.68. The van der Waals surface area contributed by atoms with Crippen molar-refractivity contribution in [3.05, 3.63) is 55.9 Å². The quantitative estimate of drug-likeness (QED) is 0.741. The summed E-state index contributed by atoms with van der Waals surface area (Å²) in [5.74, 6) is 0.470. The van der Waals surface area contributed by atoms with Crippen molar-refractivity contribution in [2.24, 2.45) is 0 Å². The smallest absolute Gasteiger partial charge is 0.270 e. The lowest BCUT2D eigenvalue weighted by atomic mass is 9.76. The fourth-order valence-electron chi connectivity index (χ4n) is 4.93. The monoisotopic (exact) mass is 411 g/mol. The van der Waals surface area contributed by atoms with Gasteiger partial charge in [0.2, 0.25) is 11.5 Å². The number of morpholine rings is 1. The largest absolute Gasteiger partial charge is 0.378 e. The first-order valence-corrected chi connectivity index (χ1v) is 10.5. The normalized spacial score (nSPS) is 20.4. The fourth-order valence-corrected chi connectivity index (χ4v) is 4.93. The van der Waals surface area contributed by atoms with Gasteiger partial charge in [-0.15, -0.1) is 0 Å². The molecule has 5 rings (SSSR count). The summed E-state index contributed by atoms with van der Waals surface area (Å²) in [7, 11) is 0. The van der Waals surface area contributed by atoms with E-state index < -0.39 is 0 Å².